The summed E-state index contributed by atoms with van der Waals surface area (Å²) in [5.74, 6) is 1.02. The van der Waals surface area contributed by atoms with E-state index in [-0.39, 0.29) is 0 Å². The highest BCUT2D eigenvalue weighted by Crippen LogP contribution is 2.24. The topological polar surface area (TPSA) is 24.5 Å². The summed E-state index contributed by atoms with van der Waals surface area (Å²) in [6.45, 7) is 9.78. The standard InChI is InChI=1S/C14H22N2O/c1-11-8-13(9-12(2)14(11)17-3)10-16-6-4-15-5-7-16/h8-9,15H,4-7,10H2,1-3H3. The number of hydrogen-bond acceptors (Lipinski definition) is 3. The smallest absolute Gasteiger partial charge is 0.124 e. The summed E-state index contributed by atoms with van der Waals surface area (Å²) >= 11 is 0. The van der Waals surface area contributed by atoms with E-state index in [1.54, 1.807) is 7.11 Å². The average Bonchev–Trinajstić information content (AvgIpc) is 2.30. The summed E-state index contributed by atoms with van der Waals surface area (Å²) < 4.78 is 5.40. The van der Waals surface area contributed by atoms with Crippen LogP contribution in [-0.4, -0.2) is 38.2 Å². The van der Waals surface area contributed by atoms with Crippen molar-refractivity contribution in [1.82, 2.24) is 10.2 Å². The van der Waals surface area contributed by atoms with E-state index in [9.17, 15) is 0 Å². The minimum atomic E-state index is 1.02. The van der Waals surface area contributed by atoms with Gasteiger partial charge >= 0.3 is 0 Å². The number of methoxy groups -OCH3 is 1. The molecule has 1 heterocycles. The van der Waals surface area contributed by atoms with Crippen LogP contribution in [-0.2, 0) is 6.54 Å². The predicted octanol–water partition coefficient (Wildman–Crippen LogP) is 1.72. The Morgan fingerprint density at radius 3 is 2.29 bits per heavy atom. The molecule has 0 amide bonds. The van der Waals surface area contributed by atoms with Crippen molar-refractivity contribution in [2.75, 3.05) is 33.3 Å². The van der Waals surface area contributed by atoms with Crippen LogP contribution in [0.3, 0.4) is 0 Å². The molecule has 1 saturated heterocycles. The Kier molecular flexibility index (Phi) is 4.02. The molecule has 1 aliphatic rings. The number of aryl methyl sites for hydroxylation is 2. The van der Waals surface area contributed by atoms with Crippen molar-refractivity contribution < 1.29 is 4.74 Å². The molecule has 3 nitrogen and oxygen atoms in total. The minimum Gasteiger partial charge on any atom is -0.496 e. The fraction of sp³-hybridized carbons (Fsp3) is 0.571. The van der Waals surface area contributed by atoms with Gasteiger partial charge in [-0.15, -0.1) is 0 Å². The Bertz CT molecular complexity index is 361. The van der Waals surface area contributed by atoms with Crippen LogP contribution in [0, 0.1) is 13.8 Å². The van der Waals surface area contributed by atoms with E-state index >= 15 is 0 Å². The molecule has 0 unspecified atom stereocenters. The number of nitrogens with one attached hydrogen (secondary N) is 1. The molecule has 94 valence electrons. The number of hydrogen-bond donors (Lipinski definition) is 1. The maximum absolute atomic E-state index is 5.40. The Morgan fingerprint density at radius 1 is 1.18 bits per heavy atom. The van der Waals surface area contributed by atoms with Crippen molar-refractivity contribution in [2.45, 2.75) is 20.4 Å². The van der Waals surface area contributed by atoms with E-state index in [2.05, 4.69) is 36.2 Å². The first kappa shape index (κ1) is 12.4. The second-order valence-corrected chi connectivity index (χ2v) is 4.79. The van der Waals surface area contributed by atoms with Gasteiger partial charge in [-0.2, -0.15) is 0 Å². The highest BCUT2D eigenvalue weighted by atomic mass is 16.5. The first-order valence-electron chi connectivity index (χ1n) is 6.28. The Balaban J connectivity index is 2.10. The largest absolute Gasteiger partial charge is 0.496 e. The molecule has 3 heteroatoms. The second-order valence-electron chi connectivity index (χ2n) is 4.79. The van der Waals surface area contributed by atoms with Crippen LogP contribution in [0.15, 0.2) is 12.1 Å². The zero-order chi connectivity index (χ0) is 12.3. The van der Waals surface area contributed by atoms with Crippen molar-refractivity contribution in [3.05, 3.63) is 28.8 Å². The minimum absolute atomic E-state index is 1.02. The quantitative estimate of drug-likeness (QED) is 0.862. The van der Waals surface area contributed by atoms with Crippen molar-refractivity contribution >= 4 is 0 Å². The zero-order valence-corrected chi connectivity index (χ0v) is 11.0. The van der Waals surface area contributed by atoms with Crippen molar-refractivity contribution in [1.29, 1.82) is 0 Å². The van der Waals surface area contributed by atoms with E-state index in [0.717, 1.165) is 38.5 Å². The Labute approximate surface area is 104 Å². The predicted molar refractivity (Wildman–Crippen MR) is 70.6 cm³/mol. The molecule has 1 aliphatic heterocycles. The van der Waals surface area contributed by atoms with Crippen LogP contribution in [0.4, 0.5) is 0 Å². The van der Waals surface area contributed by atoms with Crippen LogP contribution in [0.2, 0.25) is 0 Å². The maximum atomic E-state index is 5.40. The lowest BCUT2D eigenvalue weighted by molar-refractivity contribution is 0.233. The van der Waals surface area contributed by atoms with Gasteiger partial charge in [0.05, 0.1) is 7.11 Å². The molecular weight excluding hydrogens is 212 g/mol. The lowest BCUT2D eigenvalue weighted by atomic mass is 10.1. The third kappa shape index (κ3) is 2.99. The van der Waals surface area contributed by atoms with Gasteiger partial charge in [0.1, 0.15) is 5.75 Å². The molecule has 0 atom stereocenters. The fourth-order valence-electron chi connectivity index (χ4n) is 2.58. The summed E-state index contributed by atoms with van der Waals surface area (Å²) in [7, 11) is 1.74. The molecule has 2 rings (SSSR count). The van der Waals surface area contributed by atoms with Gasteiger partial charge < -0.3 is 10.1 Å². The van der Waals surface area contributed by atoms with Crippen molar-refractivity contribution in [2.24, 2.45) is 0 Å². The summed E-state index contributed by atoms with van der Waals surface area (Å²) in [5, 5.41) is 3.38. The summed E-state index contributed by atoms with van der Waals surface area (Å²) in [5.41, 5.74) is 3.86. The first-order chi connectivity index (χ1) is 8.20. The van der Waals surface area contributed by atoms with Crippen molar-refractivity contribution in [3.8, 4) is 5.75 Å². The van der Waals surface area contributed by atoms with Gasteiger partial charge in [-0.3, -0.25) is 4.90 Å². The number of benzene rings is 1. The van der Waals surface area contributed by atoms with E-state index in [0.29, 0.717) is 0 Å². The first-order valence-corrected chi connectivity index (χ1v) is 6.28. The van der Waals surface area contributed by atoms with Crippen LogP contribution in [0.5, 0.6) is 5.75 Å². The fourth-order valence-corrected chi connectivity index (χ4v) is 2.58. The summed E-state index contributed by atoms with van der Waals surface area (Å²) in [6, 6.07) is 4.49. The molecule has 0 saturated carbocycles. The number of rotatable bonds is 3. The molecule has 0 radical (unpaired) electrons. The molecule has 0 bridgehead atoms. The van der Waals surface area contributed by atoms with Gasteiger partial charge in [0.2, 0.25) is 0 Å². The molecule has 0 aliphatic carbocycles. The van der Waals surface area contributed by atoms with Gasteiger partial charge in [0.25, 0.3) is 0 Å². The summed E-state index contributed by atoms with van der Waals surface area (Å²) in [6.07, 6.45) is 0. The van der Waals surface area contributed by atoms with E-state index in [1.165, 1.54) is 16.7 Å². The van der Waals surface area contributed by atoms with Crippen molar-refractivity contribution in [3.63, 3.8) is 0 Å². The highest BCUT2D eigenvalue weighted by Gasteiger charge is 2.11. The van der Waals surface area contributed by atoms with Gasteiger partial charge in [-0.05, 0) is 30.5 Å². The van der Waals surface area contributed by atoms with Gasteiger partial charge in [-0.25, -0.2) is 0 Å². The van der Waals surface area contributed by atoms with Crippen LogP contribution >= 0.6 is 0 Å². The molecule has 0 aromatic heterocycles. The van der Waals surface area contributed by atoms with E-state index in [4.69, 9.17) is 4.74 Å². The zero-order valence-electron chi connectivity index (χ0n) is 11.0. The number of piperazine rings is 1. The Hall–Kier alpha value is -1.06. The summed E-state index contributed by atoms with van der Waals surface area (Å²) in [4.78, 5) is 2.50. The van der Waals surface area contributed by atoms with Crippen LogP contribution in [0.25, 0.3) is 0 Å². The lowest BCUT2D eigenvalue weighted by Crippen LogP contribution is -2.42. The normalized spacial score (nSPS) is 17.1. The molecule has 1 fully saturated rings. The molecule has 1 aromatic carbocycles. The maximum Gasteiger partial charge on any atom is 0.124 e. The van der Waals surface area contributed by atoms with E-state index in [1.807, 2.05) is 0 Å². The van der Waals surface area contributed by atoms with Crippen LogP contribution in [0.1, 0.15) is 16.7 Å². The number of nitrogens with zero attached hydrogens (tertiary/aromatic N) is 1. The molecule has 0 spiro atoms. The van der Waals surface area contributed by atoms with Gasteiger partial charge in [0.15, 0.2) is 0 Å². The lowest BCUT2D eigenvalue weighted by Gasteiger charge is -2.27. The molecular formula is C14H22N2O. The number of ether oxygens (including phenoxy) is 1. The molecule has 17 heavy (non-hydrogen) atoms. The third-order valence-corrected chi connectivity index (χ3v) is 3.34. The van der Waals surface area contributed by atoms with E-state index < -0.39 is 0 Å². The van der Waals surface area contributed by atoms with Crippen LogP contribution < -0.4 is 10.1 Å². The molecule has 1 N–H and O–H groups in total. The second kappa shape index (κ2) is 5.52. The van der Waals surface area contributed by atoms with Gasteiger partial charge in [0, 0.05) is 32.7 Å². The third-order valence-electron chi connectivity index (χ3n) is 3.34. The highest BCUT2D eigenvalue weighted by molar-refractivity contribution is 5.43. The SMILES string of the molecule is COc1c(C)cc(CN2CCNCC2)cc1C. The Morgan fingerprint density at radius 2 is 1.76 bits per heavy atom. The van der Waals surface area contributed by atoms with Gasteiger partial charge in [-0.1, -0.05) is 12.1 Å². The molecule has 1 aromatic rings. The average molecular weight is 234 g/mol. The monoisotopic (exact) mass is 234 g/mol.